The van der Waals surface area contributed by atoms with Crippen LogP contribution in [0.25, 0.3) is 0 Å². The van der Waals surface area contributed by atoms with E-state index in [0.717, 1.165) is 30.8 Å². The maximum Gasteiger partial charge on any atom is 0.263 e. The number of carbonyl (C=O) groups is 2. The topological polar surface area (TPSA) is 83.4 Å². The van der Waals surface area contributed by atoms with E-state index in [1.807, 2.05) is 36.4 Å². The third-order valence-electron chi connectivity index (χ3n) is 6.60. The van der Waals surface area contributed by atoms with Crippen molar-refractivity contribution in [3.8, 4) is 0 Å². The Morgan fingerprint density at radius 2 is 1.90 bits per heavy atom. The first kappa shape index (κ1) is 19.1. The summed E-state index contributed by atoms with van der Waals surface area (Å²) in [5, 5.41) is 6.29. The van der Waals surface area contributed by atoms with E-state index in [0.29, 0.717) is 37.9 Å². The summed E-state index contributed by atoms with van der Waals surface area (Å²) in [6, 6.07) is 12.6. The van der Waals surface area contributed by atoms with Gasteiger partial charge < -0.3 is 20.1 Å². The van der Waals surface area contributed by atoms with Gasteiger partial charge in [-0.05, 0) is 36.6 Å². The lowest BCUT2D eigenvalue weighted by Crippen LogP contribution is -2.58. The van der Waals surface area contributed by atoms with Crippen molar-refractivity contribution < 1.29 is 9.59 Å². The molecule has 30 heavy (non-hydrogen) atoms. The third-order valence-corrected chi connectivity index (χ3v) is 6.60. The van der Waals surface area contributed by atoms with E-state index in [1.54, 1.807) is 15.5 Å². The van der Waals surface area contributed by atoms with Crippen LogP contribution in [-0.2, 0) is 17.8 Å². The van der Waals surface area contributed by atoms with Crippen molar-refractivity contribution in [1.29, 1.82) is 0 Å². The summed E-state index contributed by atoms with van der Waals surface area (Å²) in [4.78, 5) is 40.9. The van der Waals surface area contributed by atoms with Gasteiger partial charge in [-0.3, -0.25) is 14.4 Å². The number of fused-ring (bicyclic) bond motifs is 4. The number of rotatable bonds is 3. The van der Waals surface area contributed by atoms with Crippen molar-refractivity contribution in [1.82, 2.24) is 20.1 Å². The molecule has 2 fully saturated rings. The molecule has 2 amide bonds. The van der Waals surface area contributed by atoms with Gasteiger partial charge in [0.25, 0.3) is 11.5 Å². The molecule has 5 rings (SSSR count). The number of aromatic nitrogens is 1. The van der Waals surface area contributed by atoms with Gasteiger partial charge in [-0.25, -0.2) is 0 Å². The van der Waals surface area contributed by atoms with Crippen LogP contribution in [0.15, 0.2) is 47.3 Å². The fraction of sp³-hybridized carbons (Fsp3) is 0.435. The third kappa shape index (κ3) is 3.33. The first-order valence-corrected chi connectivity index (χ1v) is 10.7. The molecule has 1 aromatic heterocycles. The molecule has 0 saturated carbocycles. The van der Waals surface area contributed by atoms with Gasteiger partial charge in [-0.2, -0.15) is 0 Å². The molecule has 2 N–H and O–H groups in total. The molecule has 3 aliphatic rings. The number of piperidine rings is 1. The molecule has 2 aromatic rings. The van der Waals surface area contributed by atoms with Crippen LogP contribution >= 0.6 is 0 Å². The lowest BCUT2D eigenvalue weighted by molar-refractivity contribution is -0.127. The predicted octanol–water partition coefficient (Wildman–Crippen LogP) is 0.738. The number of carbonyl (C=O) groups excluding carboxylic acids is 2. The van der Waals surface area contributed by atoms with Crippen LogP contribution in [0.3, 0.4) is 0 Å². The second-order valence-electron chi connectivity index (χ2n) is 8.54. The summed E-state index contributed by atoms with van der Waals surface area (Å²) >= 11 is 0. The summed E-state index contributed by atoms with van der Waals surface area (Å²) in [6.07, 6.45) is 1.52. The molecule has 0 aliphatic carbocycles. The Morgan fingerprint density at radius 3 is 2.73 bits per heavy atom. The molecular weight excluding hydrogens is 380 g/mol. The normalized spacial score (nSPS) is 25.4. The minimum atomic E-state index is -0.613. The molecule has 7 heteroatoms. The Hall–Kier alpha value is -2.93. The molecule has 7 nitrogen and oxygen atoms in total. The van der Waals surface area contributed by atoms with Crippen LogP contribution in [-0.4, -0.2) is 53.5 Å². The van der Waals surface area contributed by atoms with E-state index in [2.05, 4.69) is 10.6 Å². The molecule has 3 aliphatic heterocycles. The molecule has 4 heterocycles. The highest BCUT2D eigenvalue weighted by Gasteiger charge is 2.36. The average Bonchev–Trinajstić information content (AvgIpc) is 2.76. The Labute approximate surface area is 175 Å². The van der Waals surface area contributed by atoms with Gasteiger partial charge in [0.05, 0.1) is 0 Å². The number of hydrogen-bond donors (Lipinski definition) is 2. The fourth-order valence-corrected chi connectivity index (χ4v) is 5.11. The van der Waals surface area contributed by atoms with Gasteiger partial charge in [-0.15, -0.1) is 0 Å². The quantitative estimate of drug-likeness (QED) is 0.788. The van der Waals surface area contributed by atoms with Gasteiger partial charge >= 0.3 is 0 Å². The van der Waals surface area contributed by atoms with Crippen LogP contribution < -0.4 is 16.2 Å². The highest BCUT2D eigenvalue weighted by Crippen LogP contribution is 2.31. The van der Waals surface area contributed by atoms with Crippen molar-refractivity contribution in [2.45, 2.75) is 31.3 Å². The minimum absolute atomic E-state index is 0.166. The number of piperazine rings is 1. The van der Waals surface area contributed by atoms with Crippen molar-refractivity contribution in [2.24, 2.45) is 5.92 Å². The van der Waals surface area contributed by atoms with Crippen molar-refractivity contribution in [3.05, 3.63) is 69.6 Å². The largest absolute Gasteiger partial charge is 0.353 e. The van der Waals surface area contributed by atoms with E-state index >= 15 is 0 Å². The predicted molar refractivity (Wildman–Crippen MR) is 112 cm³/mol. The lowest BCUT2D eigenvalue weighted by Gasteiger charge is -2.38. The van der Waals surface area contributed by atoms with Crippen LogP contribution in [0.4, 0.5) is 0 Å². The Balaban J connectivity index is 1.46. The standard InChI is InChI=1S/C23H26N4O3/c28-21-20(11-15-4-2-1-3-5-15)26(9-8-25-21)22(29)18-6-7-19-17-10-16(12-24-13-17)14-27(19)23(18)30/h1-7,16-17,20,24H,8-14H2,(H,25,28)/t16-,17+,20-/m0/s1. The summed E-state index contributed by atoms with van der Waals surface area (Å²) in [6.45, 7) is 3.23. The van der Waals surface area contributed by atoms with Gasteiger partial charge in [0.1, 0.15) is 11.6 Å². The van der Waals surface area contributed by atoms with E-state index < -0.39 is 6.04 Å². The first-order chi connectivity index (χ1) is 14.6. The smallest absolute Gasteiger partial charge is 0.263 e. The summed E-state index contributed by atoms with van der Waals surface area (Å²) in [7, 11) is 0. The maximum absolute atomic E-state index is 13.4. The lowest BCUT2D eigenvalue weighted by atomic mass is 9.84. The second-order valence-corrected chi connectivity index (χ2v) is 8.54. The summed E-state index contributed by atoms with van der Waals surface area (Å²) in [5.74, 6) is 0.226. The van der Waals surface area contributed by atoms with Gasteiger partial charge in [0.2, 0.25) is 5.91 Å². The number of pyridine rings is 1. The SMILES string of the molecule is O=C1NCCN(C(=O)c2ccc3n(c2=O)C[C@@H]2CNC[C@H]3C2)[C@H]1Cc1ccccc1. The zero-order valence-electron chi connectivity index (χ0n) is 16.8. The van der Waals surface area contributed by atoms with Crippen molar-refractivity contribution in [2.75, 3.05) is 26.2 Å². The molecule has 3 atom stereocenters. The number of amides is 2. The molecular formula is C23H26N4O3. The maximum atomic E-state index is 13.4. The number of nitrogens with one attached hydrogen (secondary N) is 2. The number of nitrogens with zero attached hydrogens (tertiary/aromatic N) is 2. The zero-order chi connectivity index (χ0) is 20.7. The van der Waals surface area contributed by atoms with Gasteiger partial charge in [0.15, 0.2) is 0 Å². The highest BCUT2D eigenvalue weighted by molar-refractivity contribution is 5.98. The van der Waals surface area contributed by atoms with E-state index in [4.69, 9.17) is 0 Å². The molecule has 0 unspecified atom stereocenters. The summed E-state index contributed by atoms with van der Waals surface area (Å²) < 4.78 is 1.79. The average molecular weight is 406 g/mol. The fourth-order valence-electron chi connectivity index (χ4n) is 5.11. The van der Waals surface area contributed by atoms with Gasteiger partial charge in [0, 0.05) is 44.2 Å². The van der Waals surface area contributed by atoms with E-state index in [1.165, 1.54) is 0 Å². The molecule has 0 radical (unpaired) electrons. The van der Waals surface area contributed by atoms with E-state index in [-0.39, 0.29) is 22.9 Å². The second kappa shape index (κ2) is 7.72. The monoisotopic (exact) mass is 406 g/mol. The van der Waals surface area contributed by atoms with Gasteiger partial charge in [-0.1, -0.05) is 30.3 Å². The molecule has 2 bridgehead atoms. The first-order valence-electron chi connectivity index (χ1n) is 10.7. The van der Waals surface area contributed by atoms with Crippen LogP contribution in [0.2, 0.25) is 0 Å². The van der Waals surface area contributed by atoms with E-state index in [9.17, 15) is 14.4 Å². The summed E-state index contributed by atoms with van der Waals surface area (Å²) in [5.41, 5.74) is 1.94. The Morgan fingerprint density at radius 1 is 1.07 bits per heavy atom. The zero-order valence-corrected chi connectivity index (χ0v) is 16.8. The Kier molecular flexibility index (Phi) is 4.90. The van der Waals surface area contributed by atoms with Crippen molar-refractivity contribution >= 4 is 11.8 Å². The molecule has 0 spiro atoms. The Bertz CT molecular complexity index is 1030. The van der Waals surface area contributed by atoms with Crippen molar-refractivity contribution in [3.63, 3.8) is 0 Å². The number of benzene rings is 1. The molecule has 2 saturated heterocycles. The highest BCUT2D eigenvalue weighted by atomic mass is 16.2. The number of hydrogen-bond acceptors (Lipinski definition) is 4. The van der Waals surface area contributed by atoms with Crippen LogP contribution in [0, 0.1) is 5.92 Å². The molecule has 1 aromatic carbocycles. The molecule has 156 valence electrons. The van der Waals surface area contributed by atoms with Crippen LogP contribution in [0.1, 0.15) is 34.0 Å². The van der Waals surface area contributed by atoms with Crippen LogP contribution in [0.5, 0.6) is 0 Å². The minimum Gasteiger partial charge on any atom is -0.353 e.